The molecule has 0 aliphatic carbocycles. The van der Waals surface area contributed by atoms with Gasteiger partial charge >= 0.3 is 0 Å². The van der Waals surface area contributed by atoms with Crippen molar-refractivity contribution < 1.29 is 13.2 Å². The van der Waals surface area contributed by atoms with Gasteiger partial charge in [-0.05, 0) is 19.8 Å². The number of nitrogens with one attached hydrogen (secondary N) is 2. The maximum absolute atomic E-state index is 11.7. The van der Waals surface area contributed by atoms with E-state index in [2.05, 4.69) is 10.6 Å². The monoisotopic (exact) mass is 275 g/mol. The smallest absolute Gasteiger partial charge is 0.225 e. The van der Waals surface area contributed by atoms with Crippen LogP contribution in [0.3, 0.4) is 0 Å². The van der Waals surface area contributed by atoms with Gasteiger partial charge in [0.2, 0.25) is 15.9 Å². The van der Waals surface area contributed by atoms with E-state index in [9.17, 15) is 13.2 Å². The molecule has 2 rings (SSSR count). The molecule has 7 heteroatoms. The second-order valence-electron chi connectivity index (χ2n) is 4.94. The number of carbonyl (C=O) groups excluding carboxylic acids is 1. The first-order valence-electron chi connectivity index (χ1n) is 6.52. The van der Waals surface area contributed by atoms with Gasteiger partial charge in [0.1, 0.15) is 0 Å². The second-order valence-corrected chi connectivity index (χ2v) is 7.20. The Morgan fingerprint density at radius 3 is 2.39 bits per heavy atom. The lowest BCUT2D eigenvalue weighted by atomic mass is 10.0. The third-order valence-corrected chi connectivity index (χ3v) is 5.59. The molecule has 0 aromatic heterocycles. The van der Waals surface area contributed by atoms with Gasteiger partial charge in [-0.2, -0.15) is 0 Å². The fourth-order valence-corrected chi connectivity index (χ4v) is 3.39. The molecule has 6 nitrogen and oxygen atoms in total. The summed E-state index contributed by atoms with van der Waals surface area (Å²) in [6.07, 6.45) is 1.43. The van der Waals surface area contributed by atoms with Gasteiger partial charge in [-0.15, -0.1) is 0 Å². The van der Waals surface area contributed by atoms with Gasteiger partial charge < -0.3 is 10.6 Å². The van der Waals surface area contributed by atoms with E-state index in [4.69, 9.17) is 0 Å². The van der Waals surface area contributed by atoms with Crippen LogP contribution in [0.15, 0.2) is 0 Å². The summed E-state index contributed by atoms with van der Waals surface area (Å²) in [5.41, 5.74) is 0. The maximum Gasteiger partial charge on any atom is 0.225 e. The molecule has 0 radical (unpaired) electrons. The molecule has 2 aliphatic rings. The Balaban J connectivity index is 1.78. The summed E-state index contributed by atoms with van der Waals surface area (Å²) in [6, 6.07) is 0.126. The summed E-state index contributed by atoms with van der Waals surface area (Å²) < 4.78 is 24.9. The fourth-order valence-electron chi connectivity index (χ4n) is 2.25. The van der Waals surface area contributed by atoms with Crippen LogP contribution in [0, 0.1) is 5.92 Å². The minimum atomic E-state index is -3.07. The van der Waals surface area contributed by atoms with E-state index in [1.807, 2.05) is 0 Å². The van der Waals surface area contributed by atoms with E-state index in [-0.39, 0.29) is 23.6 Å². The number of sulfonamides is 1. The summed E-state index contributed by atoms with van der Waals surface area (Å²) in [7, 11) is -3.07. The molecule has 2 N–H and O–H groups in total. The number of nitrogens with zero attached hydrogens (tertiary/aromatic N) is 1. The van der Waals surface area contributed by atoms with Crippen molar-refractivity contribution in [2.45, 2.75) is 25.8 Å². The molecule has 18 heavy (non-hydrogen) atoms. The van der Waals surface area contributed by atoms with E-state index in [1.165, 1.54) is 4.31 Å². The van der Waals surface area contributed by atoms with Gasteiger partial charge in [-0.1, -0.05) is 0 Å². The third-order valence-electron chi connectivity index (χ3n) is 3.71. The average molecular weight is 275 g/mol. The summed E-state index contributed by atoms with van der Waals surface area (Å²) in [4.78, 5) is 11.7. The Kier molecular flexibility index (Phi) is 4.24. The number of hydrogen-bond donors (Lipinski definition) is 2. The van der Waals surface area contributed by atoms with Gasteiger partial charge in [0, 0.05) is 32.2 Å². The zero-order valence-corrected chi connectivity index (χ0v) is 11.5. The Hall–Kier alpha value is -0.660. The first kappa shape index (κ1) is 13.8. The van der Waals surface area contributed by atoms with Crippen LogP contribution in [0.1, 0.15) is 19.8 Å². The molecule has 2 fully saturated rings. The SMILES string of the molecule is CCS(=O)(=O)N1CCC(NC(=O)C2CNC2)CC1. The van der Waals surface area contributed by atoms with E-state index < -0.39 is 10.0 Å². The lowest BCUT2D eigenvalue weighted by Crippen LogP contribution is -2.54. The normalized spacial score (nSPS) is 23.6. The van der Waals surface area contributed by atoms with Crippen molar-refractivity contribution in [3.8, 4) is 0 Å². The van der Waals surface area contributed by atoms with Gasteiger partial charge in [-0.25, -0.2) is 12.7 Å². The van der Waals surface area contributed by atoms with E-state index in [0.29, 0.717) is 25.9 Å². The number of rotatable bonds is 4. The highest BCUT2D eigenvalue weighted by molar-refractivity contribution is 7.89. The van der Waals surface area contributed by atoms with Crippen molar-refractivity contribution in [3.63, 3.8) is 0 Å². The van der Waals surface area contributed by atoms with Crippen LogP contribution in [0.2, 0.25) is 0 Å². The molecular weight excluding hydrogens is 254 g/mol. The Morgan fingerprint density at radius 2 is 1.94 bits per heavy atom. The topological polar surface area (TPSA) is 78.5 Å². The standard InChI is InChI=1S/C11H21N3O3S/c1-2-18(16,17)14-5-3-10(4-6-14)13-11(15)9-7-12-8-9/h9-10,12H,2-8H2,1H3,(H,13,15). The van der Waals surface area contributed by atoms with Crippen LogP contribution in [-0.2, 0) is 14.8 Å². The van der Waals surface area contributed by atoms with Crippen molar-refractivity contribution in [2.75, 3.05) is 31.9 Å². The molecule has 0 aromatic rings. The van der Waals surface area contributed by atoms with Crippen LogP contribution in [0.25, 0.3) is 0 Å². The molecule has 0 atom stereocenters. The van der Waals surface area contributed by atoms with Crippen molar-refractivity contribution in [2.24, 2.45) is 5.92 Å². The Morgan fingerprint density at radius 1 is 1.33 bits per heavy atom. The molecule has 2 saturated heterocycles. The number of amides is 1. The molecular formula is C11H21N3O3S. The van der Waals surface area contributed by atoms with Gasteiger partial charge in [0.25, 0.3) is 0 Å². The van der Waals surface area contributed by atoms with Crippen molar-refractivity contribution >= 4 is 15.9 Å². The lowest BCUT2D eigenvalue weighted by molar-refractivity contribution is -0.127. The van der Waals surface area contributed by atoms with Crippen LogP contribution >= 0.6 is 0 Å². The van der Waals surface area contributed by atoms with Crippen LogP contribution in [0.4, 0.5) is 0 Å². The summed E-state index contributed by atoms with van der Waals surface area (Å²) in [5, 5.41) is 6.08. The zero-order chi connectivity index (χ0) is 13.2. The van der Waals surface area contributed by atoms with Gasteiger partial charge in [0.15, 0.2) is 0 Å². The van der Waals surface area contributed by atoms with E-state index in [0.717, 1.165) is 13.1 Å². The zero-order valence-electron chi connectivity index (χ0n) is 10.7. The first-order chi connectivity index (χ1) is 8.53. The summed E-state index contributed by atoms with van der Waals surface area (Å²) in [6.45, 7) is 4.21. The largest absolute Gasteiger partial charge is 0.353 e. The highest BCUT2D eigenvalue weighted by atomic mass is 32.2. The molecule has 2 heterocycles. The molecule has 0 unspecified atom stereocenters. The van der Waals surface area contributed by atoms with Gasteiger partial charge in [-0.3, -0.25) is 4.79 Å². The second kappa shape index (κ2) is 5.54. The van der Waals surface area contributed by atoms with Crippen LogP contribution < -0.4 is 10.6 Å². The van der Waals surface area contributed by atoms with Crippen molar-refractivity contribution in [3.05, 3.63) is 0 Å². The number of piperidine rings is 1. The van der Waals surface area contributed by atoms with Crippen LogP contribution in [0.5, 0.6) is 0 Å². The van der Waals surface area contributed by atoms with E-state index >= 15 is 0 Å². The van der Waals surface area contributed by atoms with Crippen LogP contribution in [-0.4, -0.2) is 56.6 Å². The maximum atomic E-state index is 11.7. The molecule has 2 aliphatic heterocycles. The predicted octanol–water partition coefficient (Wildman–Crippen LogP) is -0.864. The Bertz CT molecular complexity index is 398. The first-order valence-corrected chi connectivity index (χ1v) is 8.12. The molecule has 1 amide bonds. The Labute approximate surface area is 108 Å². The number of hydrogen-bond acceptors (Lipinski definition) is 4. The minimum Gasteiger partial charge on any atom is -0.353 e. The predicted molar refractivity (Wildman–Crippen MR) is 68.6 cm³/mol. The highest BCUT2D eigenvalue weighted by Gasteiger charge is 2.30. The average Bonchev–Trinajstić information content (AvgIpc) is 2.27. The lowest BCUT2D eigenvalue weighted by Gasteiger charge is -2.33. The van der Waals surface area contributed by atoms with Crippen molar-refractivity contribution in [1.82, 2.24) is 14.9 Å². The quantitative estimate of drug-likeness (QED) is 0.699. The molecule has 0 aromatic carbocycles. The molecule has 0 bridgehead atoms. The highest BCUT2D eigenvalue weighted by Crippen LogP contribution is 2.15. The fraction of sp³-hybridized carbons (Fsp3) is 0.909. The van der Waals surface area contributed by atoms with Crippen molar-refractivity contribution in [1.29, 1.82) is 0 Å². The molecule has 104 valence electrons. The third kappa shape index (κ3) is 3.02. The summed E-state index contributed by atoms with van der Waals surface area (Å²) in [5.74, 6) is 0.352. The molecule has 0 saturated carbocycles. The molecule has 0 spiro atoms. The summed E-state index contributed by atoms with van der Waals surface area (Å²) >= 11 is 0. The van der Waals surface area contributed by atoms with E-state index in [1.54, 1.807) is 6.92 Å². The van der Waals surface area contributed by atoms with Gasteiger partial charge in [0.05, 0.1) is 11.7 Å². The number of carbonyl (C=O) groups is 1. The minimum absolute atomic E-state index is 0.0994.